The van der Waals surface area contributed by atoms with Crippen molar-refractivity contribution in [1.82, 2.24) is 4.90 Å². The molecule has 0 aromatic heterocycles. The Morgan fingerprint density at radius 2 is 2.08 bits per heavy atom. The highest BCUT2D eigenvalue weighted by Crippen LogP contribution is 2.38. The van der Waals surface area contributed by atoms with E-state index < -0.39 is 5.97 Å². The first-order valence-electron chi connectivity index (χ1n) is 5.15. The second-order valence-corrected chi connectivity index (χ2v) is 4.37. The molecular weight excluding hydrogens is 166 g/mol. The Morgan fingerprint density at radius 3 is 2.69 bits per heavy atom. The first-order chi connectivity index (χ1) is 6.20. The highest BCUT2D eigenvalue weighted by molar-refractivity contribution is 5.74. The molecule has 2 rings (SSSR count). The molecule has 2 aliphatic rings. The standard InChI is InChI=1S/C10H17NO2/c1-11-8-5-3-2-4-7(8)6-9(11)10(12)13/h7-9H,2-6H2,1H3,(H,12,13)/t7-,8-,9-/m1/s1. The Morgan fingerprint density at radius 1 is 1.38 bits per heavy atom. The number of aliphatic carboxylic acids is 1. The minimum absolute atomic E-state index is 0.215. The van der Waals surface area contributed by atoms with Crippen LogP contribution in [0.2, 0.25) is 0 Å². The third-order valence-electron chi connectivity index (χ3n) is 3.69. The first kappa shape index (κ1) is 9.00. The number of hydrogen-bond acceptors (Lipinski definition) is 2. The fourth-order valence-electron chi connectivity index (χ4n) is 2.96. The van der Waals surface area contributed by atoms with Crippen LogP contribution in [0, 0.1) is 5.92 Å². The summed E-state index contributed by atoms with van der Waals surface area (Å²) in [5.74, 6) is 0.0109. The van der Waals surface area contributed by atoms with Crippen molar-refractivity contribution in [2.75, 3.05) is 7.05 Å². The lowest BCUT2D eigenvalue weighted by atomic mass is 9.85. The van der Waals surface area contributed by atoms with Crippen LogP contribution in [0.5, 0.6) is 0 Å². The van der Waals surface area contributed by atoms with E-state index in [1.165, 1.54) is 25.7 Å². The first-order valence-corrected chi connectivity index (χ1v) is 5.15. The van der Waals surface area contributed by atoms with Crippen molar-refractivity contribution in [2.45, 2.75) is 44.2 Å². The average molecular weight is 183 g/mol. The van der Waals surface area contributed by atoms with E-state index in [0.717, 1.165) is 6.42 Å². The molecule has 3 atom stereocenters. The molecule has 1 N–H and O–H groups in total. The molecular formula is C10H17NO2. The van der Waals surface area contributed by atoms with E-state index in [-0.39, 0.29) is 6.04 Å². The molecule has 1 aliphatic heterocycles. The van der Waals surface area contributed by atoms with E-state index in [2.05, 4.69) is 4.90 Å². The molecule has 0 spiro atoms. The van der Waals surface area contributed by atoms with Crippen molar-refractivity contribution >= 4 is 5.97 Å². The number of fused-ring (bicyclic) bond motifs is 1. The zero-order chi connectivity index (χ0) is 9.42. The van der Waals surface area contributed by atoms with Gasteiger partial charge in [-0.25, -0.2) is 0 Å². The maximum Gasteiger partial charge on any atom is 0.320 e. The molecule has 0 amide bonds. The van der Waals surface area contributed by atoms with Gasteiger partial charge in [-0.1, -0.05) is 12.8 Å². The molecule has 1 heterocycles. The highest BCUT2D eigenvalue weighted by atomic mass is 16.4. The van der Waals surface area contributed by atoms with Gasteiger partial charge in [-0.15, -0.1) is 0 Å². The van der Waals surface area contributed by atoms with Gasteiger partial charge >= 0.3 is 5.97 Å². The lowest BCUT2D eigenvalue weighted by Crippen LogP contribution is -2.38. The number of likely N-dealkylation sites (tertiary alicyclic amines) is 1. The van der Waals surface area contributed by atoms with Crippen LogP contribution in [0.15, 0.2) is 0 Å². The molecule has 2 fully saturated rings. The summed E-state index contributed by atoms with van der Waals surface area (Å²) in [5, 5.41) is 8.99. The summed E-state index contributed by atoms with van der Waals surface area (Å²) >= 11 is 0. The van der Waals surface area contributed by atoms with Crippen LogP contribution in [0.3, 0.4) is 0 Å². The van der Waals surface area contributed by atoms with Crippen LogP contribution < -0.4 is 0 Å². The quantitative estimate of drug-likeness (QED) is 0.666. The fraction of sp³-hybridized carbons (Fsp3) is 0.900. The Kier molecular flexibility index (Phi) is 2.28. The molecule has 3 nitrogen and oxygen atoms in total. The van der Waals surface area contributed by atoms with Crippen molar-refractivity contribution in [2.24, 2.45) is 5.92 Å². The monoisotopic (exact) mass is 183 g/mol. The molecule has 3 heteroatoms. The minimum Gasteiger partial charge on any atom is -0.480 e. The van der Waals surface area contributed by atoms with Gasteiger partial charge in [0.2, 0.25) is 0 Å². The SMILES string of the molecule is CN1[C@@H](C(=O)O)C[C@H]2CCCC[C@H]21. The number of carboxylic acid groups (broad SMARTS) is 1. The lowest BCUT2D eigenvalue weighted by Gasteiger charge is -2.29. The molecule has 0 radical (unpaired) electrons. The van der Waals surface area contributed by atoms with E-state index >= 15 is 0 Å². The van der Waals surface area contributed by atoms with Crippen LogP contribution in [0.1, 0.15) is 32.1 Å². The summed E-state index contributed by atoms with van der Waals surface area (Å²) < 4.78 is 0. The van der Waals surface area contributed by atoms with Gasteiger partial charge in [-0.3, -0.25) is 9.69 Å². The van der Waals surface area contributed by atoms with Gasteiger partial charge in [0.1, 0.15) is 6.04 Å². The fourth-order valence-corrected chi connectivity index (χ4v) is 2.96. The molecule has 1 saturated heterocycles. The van der Waals surface area contributed by atoms with Crippen LogP contribution in [-0.4, -0.2) is 35.1 Å². The van der Waals surface area contributed by atoms with Gasteiger partial charge in [0, 0.05) is 6.04 Å². The molecule has 0 unspecified atom stereocenters. The minimum atomic E-state index is -0.642. The summed E-state index contributed by atoms with van der Waals surface area (Å²) in [6.07, 6.45) is 5.87. The maximum atomic E-state index is 10.9. The number of rotatable bonds is 1. The van der Waals surface area contributed by atoms with Gasteiger partial charge in [0.25, 0.3) is 0 Å². The van der Waals surface area contributed by atoms with E-state index in [4.69, 9.17) is 5.11 Å². The summed E-state index contributed by atoms with van der Waals surface area (Å²) in [5.41, 5.74) is 0. The lowest BCUT2D eigenvalue weighted by molar-refractivity contribution is -0.142. The van der Waals surface area contributed by atoms with E-state index in [1.54, 1.807) is 0 Å². The summed E-state index contributed by atoms with van der Waals surface area (Å²) in [4.78, 5) is 13.0. The summed E-state index contributed by atoms with van der Waals surface area (Å²) in [7, 11) is 1.97. The average Bonchev–Trinajstić information content (AvgIpc) is 2.45. The Labute approximate surface area is 78.7 Å². The largest absolute Gasteiger partial charge is 0.480 e. The van der Waals surface area contributed by atoms with Crippen LogP contribution >= 0.6 is 0 Å². The van der Waals surface area contributed by atoms with Gasteiger partial charge in [-0.05, 0) is 32.2 Å². The number of likely N-dealkylation sites (N-methyl/N-ethyl adjacent to an activating group) is 1. The summed E-state index contributed by atoms with van der Waals surface area (Å²) in [6.45, 7) is 0. The Bertz CT molecular complexity index is 217. The molecule has 74 valence electrons. The Balaban J connectivity index is 2.09. The van der Waals surface area contributed by atoms with Crippen LogP contribution in [0.4, 0.5) is 0 Å². The molecule has 13 heavy (non-hydrogen) atoms. The number of nitrogens with zero attached hydrogens (tertiary/aromatic N) is 1. The van der Waals surface area contributed by atoms with Crippen LogP contribution in [-0.2, 0) is 4.79 Å². The van der Waals surface area contributed by atoms with Gasteiger partial charge in [-0.2, -0.15) is 0 Å². The van der Waals surface area contributed by atoms with E-state index in [9.17, 15) is 4.79 Å². The normalized spacial score (nSPS) is 40.2. The predicted molar refractivity (Wildman–Crippen MR) is 49.5 cm³/mol. The third kappa shape index (κ3) is 1.46. The second-order valence-electron chi connectivity index (χ2n) is 4.37. The van der Waals surface area contributed by atoms with Crippen LogP contribution in [0.25, 0.3) is 0 Å². The van der Waals surface area contributed by atoms with E-state index in [0.29, 0.717) is 12.0 Å². The second kappa shape index (κ2) is 3.29. The van der Waals surface area contributed by atoms with Crippen molar-refractivity contribution in [3.05, 3.63) is 0 Å². The van der Waals surface area contributed by atoms with Gasteiger partial charge in [0.15, 0.2) is 0 Å². The van der Waals surface area contributed by atoms with Crippen molar-refractivity contribution in [3.8, 4) is 0 Å². The molecule has 0 aromatic rings. The van der Waals surface area contributed by atoms with Gasteiger partial charge in [0.05, 0.1) is 0 Å². The van der Waals surface area contributed by atoms with Crippen molar-refractivity contribution < 1.29 is 9.90 Å². The molecule has 0 aromatic carbocycles. The zero-order valence-corrected chi connectivity index (χ0v) is 8.07. The topological polar surface area (TPSA) is 40.5 Å². The van der Waals surface area contributed by atoms with Gasteiger partial charge < -0.3 is 5.11 Å². The van der Waals surface area contributed by atoms with E-state index in [1.807, 2.05) is 7.05 Å². The number of hydrogen-bond donors (Lipinski definition) is 1. The molecule has 0 bridgehead atoms. The third-order valence-corrected chi connectivity index (χ3v) is 3.69. The Hall–Kier alpha value is -0.570. The number of carboxylic acids is 1. The number of carbonyl (C=O) groups is 1. The smallest absolute Gasteiger partial charge is 0.320 e. The zero-order valence-electron chi connectivity index (χ0n) is 8.07. The van der Waals surface area contributed by atoms with Crippen molar-refractivity contribution in [1.29, 1.82) is 0 Å². The predicted octanol–water partition coefficient (Wildman–Crippen LogP) is 1.33. The molecule has 1 saturated carbocycles. The molecule has 1 aliphatic carbocycles. The van der Waals surface area contributed by atoms with Crippen molar-refractivity contribution in [3.63, 3.8) is 0 Å². The summed E-state index contributed by atoms with van der Waals surface area (Å²) in [6, 6.07) is 0.336. The maximum absolute atomic E-state index is 10.9. The highest BCUT2D eigenvalue weighted by Gasteiger charge is 2.42.